The molecule has 0 heterocycles. The van der Waals surface area contributed by atoms with Crippen molar-refractivity contribution in [1.82, 2.24) is 0 Å². The van der Waals surface area contributed by atoms with E-state index in [2.05, 4.69) is 45.0 Å². The molecular weight excluding hydrogens is 276 g/mol. The van der Waals surface area contributed by atoms with Crippen LogP contribution >= 0.6 is 34.8 Å². The van der Waals surface area contributed by atoms with Crippen molar-refractivity contribution in [3.63, 3.8) is 0 Å². The predicted molar refractivity (Wildman–Crippen MR) is 53.8 cm³/mol. The highest BCUT2D eigenvalue weighted by atomic mass is 127. The van der Waals surface area contributed by atoms with Crippen molar-refractivity contribution in [3.8, 4) is 0 Å². The molecule has 0 unspecified atom stereocenters. The highest BCUT2D eigenvalue weighted by Gasteiger charge is 1.97. The molecular formula is C7H3FINS. The Bertz CT molecular complexity index is 320. The molecule has 0 bridgehead atoms. The Morgan fingerprint density at radius 2 is 2.27 bits per heavy atom. The second-order valence-corrected chi connectivity index (χ2v) is 3.14. The van der Waals surface area contributed by atoms with Crippen LogP contribution in [-0.2, 0) is 0 Å². The highest BCUT2D eigenvalue weighted by Crippen LogP contribution is 2.21. The average molecular weight is 279 g/mol. The third-order valence-corrected chi connectivity index (χ3v) is 2.08. The van der Waals surface area contributed by atoms with E-state index in [-0.39, 0.29) is 5.82 Å². The Morgan fingerprint density at radius 1 is 1.55 bits per heavy atom. The fourth-order valence-corrected chi connectivity index (χ4v) is 1.18. The van der Waals surface area contributed by atoms with Gasteiger partial charge in [0.1, 0.15) is 5.82 Å². The summed E-state index contributed by atoms with van der Waals surface area (Å²) >= 11 is 6.45. The van der Waals surface area contributed by atoms with Gasteiger partial charge in [-0.05, 0) is 46.9 Å². The third-order valence-electron chi connectivity index (χ3n) is 1.07. The number of aliphatic imine (C=N–C) groups is 1. The zero-order valence-corrected chi connectivity index (χ0v) is 8.32. The van der Waals surface area contributed by atoms with Crippen molar-refractivity contribution in [2.75, 3.05) is 0 Å². The molecule has 1 aromatic carbocycles. The number of halogens is 2. The first-order valence-corrected chi connectivity index (χ1v) is 4.25. The molecule has 0 aliphatic heterocycles. The van der Waals surface area contributed by atoms with E-state index < -0.39 is 0 Å². The topological polar surface area (TPSA) is 12.4 Å². The van der Waals surface area contributed by atoms with E-state index in [9.17, 15) is 4.39 Å². The van der Waals surface area contributed by atoms with Crippen molar-refractivity contribution in [2.45, 2.75) is 0 Å². The van der Waals surface area contributed by atoms with Gasteiger partial charge in [-0.15, -0.1) is 0 Å². The molecule has 0 saturated heterocycles. The SMILES string of the molecule is Fc1ccc(I)c(N=C=S)c1. The van der Waals surface area contributed by atoms with Crippen LogP contribution in [0.15, 0.2) is 23.2 Å². The molecule has 0 spiro atoms. The molecule has 0 atom stereocenters. The Balaban J connectivity index is 3.22. The van der Waals surface area contributed by atoms with Gasteiger partial charge in [-0.25, -0.2) is 4.39 Å². The van der Waals surface area contributed by atoms with E-state index in [1.165, 1.54) is 12.1 Å². The second kappa shape index (κ2) is 3.90. The summed E-state index contributed by atoms with van der Waals surface area (Å²) in [4.78, 5) is 3.68. The zero-order valence-electron chi connectivity index (χ0n) is 5.34. The van der Waals surface area contributed by atoms with Crippen LogP contribution < -0.4 is 0 Å². The monoisotopic (exact) mass is 279 g/mol. The van der Waals surface area contributed by atoms with Crippen LogP contribution in [-0.4, -0.2) is 5.16 Å². The molecule has 1 aromatic rings. The van der Waals surface area contributed by atoms with Gasteiger partial charge in [0, 0.05) is 9.64 Å². The van der Waals surface area contributed by atoms with E-state index in [1.807, 2.05) is 0 Å². The normalized spacial score (nSPS) is 8.91. The van der Waals surface area contributed by atoms with Gasteiger partial charge >= 0.3 is 0 Å². The first-order valence-electron chi connectivity index (χ1n) is 2.77. The Morgan fingerprint density at radius 3 is 2.91 bits per heavy atom. The van der Waals surface area contributed by atoms with Gasteiger partial charge in [0.05, 0.1) is 10.8 Å². The first kappa shape index (κ1) is 8.77. The van der Waals surface area contributed by atoms with Gasteiger partial charge in [0.25, 0.3) is 0 Å². The van der Waals surface area contributed by atoms with Crippen LogP contribution in [0.3, 0.4) is 0 Å². The lowest BCUT2D eigenvalue weighted by Crippen LogP contribution is -1.75. The molecule has 0 aliphatic carbocycles. The number of benzene rings is 1. The lowest BCUT2D eigenvalue weighted by molar-refractivity contribution is 0.628. The van der Waals surface area contributed by atoms with Crippen molar-refractivity contribution in [1.29, 1.82) is 0 Å². The summed E-state index contributed by atoms with van der Waals surface area (Å²) in [5.74, 6) is -0.311. The number of hydrogen-bond donors (Lipinski definition) is 0. The lowest BCUT2D eigenvalue weighted by atomic mass is 10.3. The summed E-state index contributed by atoms with van der Waals surface area (Å²) < 4.78 is 13.4. The fraction of sp³-hybridized carbons (Fsp3) is 0. The predicted octanol–water partition coefficient (Wildman–Crippen LogP) is 3.16. The number of rotatable bonds is 1. The molecule has 0 aliphatic rings. The molecule has 0 fully saturated rings. The number of isothiocyanates is 1. The Labute approximate surface area is 82.5 Å². The van der Waals surface area contributed by atoms with Crippen molar-refractivity contribution < 1.29 is 4.39 Å². The number of nitrogens with zero attached hydrogens (tertiary/aromatic N) is 1. The van der Waals surface area contributed by atoms with Crippen molar-refractivity contribution >= 4 is 45.7 Å². The minimum absolute atomic E-state index is 0.311. The minimum Gasteiger partial charge on any atom is -0.207 e. The zero-order chi connectivity index (χ0) is 8.27. The van der Waals surface area contributed by atoms with Crippen molar-refractivity contribution in [3.05, 3.63) is 27.6 Å². The lowest BCUT2D eigenvalue weighted by Gasteiger charge is -1.94. The average Bonchev–Trinajstić information content (AvgIpc) is 1.98. The molecule has 0 aromatic heterocycles. The van der Waals surface area contributed by atoms with Crippen LogP contribution in [0.2, 0.25) is 0 Å². The molecule has 1 rings (SSSR count). The summed E-state index contributed by atoms with van der Waals surface area (Å²) in [5, 5.41) is 2.19. The molecule has 56 valence electrons. The maximum atomic E-state index is 12.5. The Hall–Kier alpha value is -0.320. The molecule has 4 heteroatoms. The van der Waals surface area contributed by atoms with Crippen molar-refractivity contribution in [2.24, 2.45) is 4.99 Å². The minimum atomic E-state index is -0.311. The van der Waals surface area contributed by atoms with Crippen LogP contribution in [0.5, 0.6) is 0 Å². The van der Waals surface area contributed by atoms with E-state index in [4.69, 9.17) is 0 Å². The molecule has 0 radical (unpaired) electrons. The fourth-order valence-electron chi connectivity index (χ4n) is 0.621. The smallest absolute Gasteiger partial charge is 0.125 e. The van der Waals surface area contributed by atoms with Crippen LogP contribution in [0.1, 0.15) is 0 Å². The Kier molecular flexibility index (Phi) is 3.11. The molecule has 0 saturated carbocycles. The van der Waals surface area contributed by atoms with Gasteiger partial charge in [-0.2, -0.15) is 4.99 Å². The maximum Gasteiger partial charge on any atom is 0.125 e. The van der Waals surface area contributed by atoms with Gasteiger partial charge < -0.3 is 0 Å². The van der Waals surface area contributed by atoms with Gasteiger partial charge in [0.15, 0.2) is 0 Å². The van der Waals surface area contributed by atoms with Crippen LogP contribution in [0.25, 0.3) is 0 Å². The standard InChI is InChI=1S/C7H3FINS/c8-5-1-2-6(9)7(3-5)10-4-11/h1-3H. The highest BCUT2D eigenvalue weighted by molar-refractivity contribution is 14.1. The van der Waals surface area contributed by atoms with Gasteiger partial charge in [-0.1, -0.05) is 0 Å². The van der Waals surface area contributed by atoms with Gasteiger partial charge in [-0.3, -0.25) is 0 Å². The second-order valence-electron chi connectivity index (χ2n) is 1.80. The first-order chi connectivity index (χ1) is 5.24. The number of hydrogen-bond acceptors (Lipinski definition) is 2. The molecule has 0 amide bonds. The summed E-state index contributed by atoms with van der Waals surface area (Å²) in [7, 11) is 0. The summed E-state index contributed by atoms with van der Waals surface area (Å²) in [6, 6.07) is 4.34. The largest absolute Gasteiger partial charge is 0.207 e. The van der Waals surface area contributed by atoms with E-state index in [1.54, 1.807) is 6.07 Å². The summed E-state index contributed by atoms with van der Waals surface area (Å²) in [6.45, 7) is 0. The molecule has 1 nitrogen and oxygen atoms in total. The van der Waals surface area contributed by atoms with Gasteiger partial charge in [0.2, 0.25) is 0 Å². The maximum absolute atomic E-state index is 12.5. The summed E-state index contributed by atoms with van der Waals surface area (Å²) in [5.41, 5.74) is 0.528. The van der Waals surface area contributed by atoms with E-state index >= 15 is 0 Å². The van der Waals surface area contributed by atoms with Crippen LogP contribution in [0.4, 0.5) is 10.1 Å². The molecule has 0 N–H and O–H groups in total. The van der Waals surface area contributed by atoms with E-state index in [0.717, 1.165) is 3.57 Å². The molecule has 11 heavy (non-hydrogen) atoms. The van der Waals surface area contributed by atoms with E-state index in [0.29, 0.717) is 5.69 Å². The third kappa shape index (κ3) is 2.32. The quantitative estimate of drug-likeness (QED) is 0.437. The number of thiocarbonyl (C=S) groups is 1. The summed E-state index contributed by atoms with van der Waals surface area (Å²) in [6.07, 6.45) is 0. The van der Waals surface area contributed by atoms with Crippen LogP contribution in [0, 0.1) is 9.39 Å².